The maximum Gasteiger partial charge on any atom is 0.285 e. The molecule has 0 radical (unpaired) electrons. The molecule has 6 rings (SSSR count). The Balaban J connectivity index is 1.33. The van der Waals surface area contributed by atoms with Crippen molar-refractivity contribution in [1.82, 2.24) is 29.0 Å². The van der Waals surface area contributed by atoms with Gasteiger partial charge in [0.1, 0.15) is 5.15 Å². The third-order valence-electron chi connectivity index (χ3n) is 8.25. The van der Waals surface area contributed by atoms with Gasteiger partial charge < -0.3 is 10.2 Å². The molecule has 4 atom stereocenters. The Hall–Kier alpha value is -4.04. The standard InChI is InChI=1S/C28H30ClFN8O4S/c1-13-8-15(14(2)32-20-6-7-21(29)33-24(20)26(39)35-43(5,41)42)23-16(9-13)27(40)36(3)28(34-23)38-11-17-18(12-38)22(17)25-19(30)10-31-37(25)4/h6-10,14,17-18,22,32H,11-12H2,1-5H3,(H,35,39)/t14-,17-,18+,22?/m1/s1. The average molecular weight is 629 g/mol. The highest BCUT2D eigenvalue weighted by Crippen LogP contribution is 2.58. The van der Waals surface area contributed by atoms with Crippen molar-refractivity contribution < 1.29 is 17.6 Å². The topological polar surface area (TPSA) is 144 Å². The van der Waals surface area contributed by atoms with E-state index in [-0.39, 0.29) is 45.7 Å². The number of nitrogens with one attached hydrogen (secondary N) is 2. The van der Waals surface area contributed by atoms with Crippen molar-refractivity contribution >= 4 is 50.1 Å². The van der Waals surface area contributed by atoms with Crippen molar-refractivity contribution in [3.05, 3.63) is 74.3 Å². The van der Waals surface area contributed by atoms with Gasteiger partial charge in [0.15, 0.2) is 11.5 Å². The molecule has 15 heteroatoms. The van der Waals surface area contributed by atoms with Crippen LogP contribution < -0.4 is 20.5 Å². The molecule has 1 saturated heterocycles. The highest BCUT2D eigenvalue weighted by Gasteiger charge is 2.58. The number of rotatable bonds is 7. The summed E-state index contributed by atoms with van der Waals surface area (Å²) in [4.78, 5) is 37.4. The highest BCUT2D eigenvalue weighted by molar-refractivity contribution is 7.89. The van der Waals surface area contributed by atoms with Crippen LogP contribution in [0.2, 0.25) is 5.15 Å². The van der Waals surface area contributed by atoms with Crippen LogP contribution in [-0.2, 0) is 24.1 Å². The summed E-state index contributed by atoms with van der Waals surface area (Å²) in [6.45, 7) is 4.99. The van der Waals surface area contributed by atoms with E-state index in [9.17, 15) is 22.4 Å². The lowest BCUT2D eigenvalue weighted by Crippen LogP contribution is -2.32. The van der Waals surface area contributed by atoms with Gasteiger partial charge in [0.05, 0.1) is 40.8 Å². The summed E-state index contributed by atoms with van der Waals surface area (Å²) in [5.41, 5.74) is 2.53. The van der Waals surface area contributed by atoms with Crippen molar-refractivity contribution in [2.24, 2.45) is 25.9 Å². The van der Waals surface area contributed by atoms with Gasteiger partial charge in [-0.2, -0.15) is 5.10 Å². The third-order valence-corrected chi connectivity index (χ3v) is 9.02. The van der Waals surface area contributed by atoms with Gasteiger partial charge in [-0.3, -0.25) is 18.8 Å². The van der Waals surface area contributed by atoms with Crippen LogP contribution in [0.15, 0.2) is 35.3 Å². The number of halogens is 2. The minimum absolute atomic E-state index is 0.0182. The van der Waals surface area contributed by atoms with Crippen molar-refractivity contribution in [2.75, 3.05) is 29.6 Å². The Morgan fingerprint density at radius 2 is 1.86 bits per heavy atom. The number of piperidine rings is 1. The second-order valence-corrected chi connectivity index (χ2v) is 13.5. The summed E-state index contributed by atoms with van der Waals surface area (Å²) in [5.74, 6) is -0.133. The summed E-state index contributed by atoms with van der Waals surface area (Å²) < 4.78 is 42.8. The Kier molecular flexibility index (Phi) is 6.96. The number of fused-ring (bicyclic) bond motifs is 2. The molecule has 12 nitrogen and oxygen atoms in total. The fourth-order valence-electron chi connectivity index (χ4n) is 6.30. The van der Waals surface area contributed by atoms with Gasteiger partial charge in [-0.15, -0.1) is 0 Å². The first-order chi connectivity index (χ1) is 20.2. The van der Waals surface area contributed by atoms with Crippen LogP contribution in [0.4, 0.5) is 16.0 Å². The molecule has 1 unspecified atom stereocenters. The maximum atomic E-state index is 14.4. The first-order valence-corrected chi connectivity index (χ1v) is 15.9. The van der Waals surface area contributed by atoms with Gasteiger partial charge in [0.25, 0.3) is 11.5 Å². The molecule has 2 aliphatic rings. The molecular weight excluding hydrogens is 599 g/mol. The smallest absolute Gasteiger partial charge is 0.285 e. The van der Waals surface area contributed by atoms with E-state index in [1.165, 1.54) is 18.3 Å². The summed E-state index contributed by atoms with van der Waals surface area (Å²) >= 11 is 6.02. The molecule has 0 bridgehead atoms. The molecule has 4 aromatic rings. The minimum Gasteiger partial charge on any atom is -0.377 e. The van der Waals surface area contributed by atoms with E-state index in [0.29, 0.717) is 41.2 Å². The molecule has 226 valence electrons. The summed E-state index contributed by atoms with van der Waals surface area (Å²) in [5, 5.41) is 7.73. The molecule has 1 saturated carbocycles. The number of sulfonamides is 1. The predicted molar refractivity (Wildman–Crippen MR) is 160 cm³/mol. The second-order valence-electron chi connectivity index (χ2n) is 11.4. The Morgan fingerprint density at radius 1 is 1.16 bits per heavy atom. The molecule has 1 aromatic carbocycles. The number of aryl methyl sites for hydroxylation is 2. The van der Waals surface area contributed by atoms with Crippen LogP contribution in [0, 0.1) is 24.6 Å². The zero-order chi connectivity index (χ0) is 31.0. The summed E-state index contributed by atoms with van der Waals surface area (Å²) in [7, 11) is -0.399. The van der Waals surface area contributed by atoms with Crippen LogP contribution in [0.5, 0.6) is 0 Å². The molecule has 2 fully saturated rings. The lowest BCUT2D eigenvalue weighted by atomic mass is 10.0. The third kappa shape index (κ3) is 5.22. The SMILES string of the molecule is Cc1cc([C@@H](C)Nc2ccc(Cl)nc2C(=O)NS(C)(=O)=O)c2nc(N3C[C@@H]4C(c5c(F)cnn5C)[C@@H]4C3)n(C)c(=O)c2c1. The largest absolute Gasteiger partial charge is 0.377 e. The van der Waals surface area contributed by atoms with Crippen molar-refractivity contribution in [3.63, 3.8) is 0 Å². The number of hydrogen-bond donors (Lipinski definition) is 2. The Bertz CT molecular complexity index is 1950. The highest BCUT2D eigenvalue weighted by atomic mass is 35.5. The molecule has 4 heterocycles. The first-order valence-electron chi connectivity index (χ1n) is 13.6. The zero-order valence-electron chi connectivity index (χ0n) is 24.1. The van der Waals surface area contributed by atoms with E-state index in [4.69, 9.17) is 16.6 Å². The number of amides is 1. The van der Waals surface area contributed by atoms with E-state index in [1.54, 1.807) is 29.4 Å². The average Bonchev–Trinajstić information content (AvgIpc) is 3.22. The van der Waals surface area contributed by atoms with Crippen LogP contribution in [0.25, 0.3) is 10.9 Å². The van der Waals surface area contributed by atoms with Crippen LogP contribution in [-0.4, -0.2) is 58.0 Å². The number of nitrogens with zero attached hydrogens (tertiary/aromatic N) is 6. The number of anilines is 2. The molecule has 1 aliphatic heterocycles. The van der Waals surface area contributed by atoms with E-state index >= 15 is 0 Å². The lowest BCUT2D eigenvalue weighted by molar-refractivity contribution is 0.0977. The summed E-state index contributed by atoms with van der Waals surface area (Å²) in [6.07, 6.45) is 2.12. The Labute approximate surface area is 251 Å². The second kappa shape index (κ2) is 10.3. The van der Waals surface area contributed by atoms with E-state index in [1.807, 2.05) is 24.6 Å². The number of pyridine rings is 1. The van der Waals surface area contributed by atoms with Gasteiger partial charge in [-0.1, -0.05) is 17.7 Å². The van der Waals surface area contributed by atoms with Gasteiger partial charge >= 0.3 is 0 Å². The quantitative estimate of drug-likeness (QED) is 0.295. The molecule has 0 spiro atoms. The predicted octanol–water partition coefficient (Wildman–Crippen LogP) is 2.88. The van der Waals surface area contributed by atoms with Crippen LogP contribution in [0.1, 0.15) is 46.2 Å². The lowest BCUT2D eigenvalue weighted by Gasteiger charge is -2.25. The number of carbonyl (C=O) groups excluding carboxylic acids is 1. The van der Waals surface area contributed by atoms with E-state index in [0.717, 1.165) is 11.8 Å². The molecule has 2 N–H and O–H groups in total. The van der Waals surface area contributed by atoms with Gasteiger partial charge in [0.2, 0.25) is 16.0 Å². The number of aromatic nitrogens is 5. The van der Waals surface area contributed by atoms with Gasteiger partial charge in [-0.05, 0) is 49.4 Å². The summed E-state index contributed by atoms with van der Waals surface area (Å²) in [6, 6.07) is 6.25. The van der Waals surface area contributed by atoms with Crippen LogP contribution in [0.3, 0.4) is 0 Å². The van der Waals surface area contributed by atoms with Crippen molar-refractivity contribution in [2.45, 2.75) is 25.8 Å². The van der Waals surface area contributed by atoms with E-state index < -0.39 is 22.0 Å². The number of hydrogen-bond acceptors (Lipinski definition) is 9. The van der Waals surface area contributed by atoms with Crippen molar-refractivity contribution in [1.29, 1.82) is 0 Å². The molecule has 43 heavy (non-hydrogen) atoms. The fourth-order valence-corrected chi connectivity index (χ4v) is 6.88. The Morgan fingerprint density at radius 3 is 2.49 bits per heavy atom. The molecule has 3 aromatic heterocycles. The van der Waals surface area contributed by atoms with Gasteiger partial charge in [-0.25, -0.2) is 27.5 Å². The molecule has 1 aliphatic carbocycles. The number of benzene rings is 1. The maximum absolute atomic E-state index is 14.4. The van der Waals surface area contributed by atoms with Crippen LogP contribution >= 0.6 is 11.6 Å². The molecular formula is C28H30ClFN8O4S. The fraction of sp³-hybridized carbons (Fsp3) is 0.393. The van der Waals surface area contributed by atoms with E-state index in [2.05, 4.69) is 20.3 Å². The first kappa shape index (κ1) is 29.1. The monoisotopic (exact) mass is 628 g/mol. The normalized spacial score (nSPS) is 20.3. The zero-order valence-corrected chi connectivity index (χ0v) is 25.7. The number of carbonyl (C=O) groups is 1. The molecule has 1 amide bonds. The van der Waals surface area contributed by atoms with Crippen molar-refractivity contribution in [3.8, 4) is 0 Å². The minimum atomic E-state index is -3.84. The van der Waals surface area contributed by atoms with Gasteiger partial charge in [0, 0.05) is 38.7 Å².